The van der Waals surface area contributed by atoms with Gasteiger partial charge in [0.15, 0.2) is 0 Å². The fourth-order valence-electron chi connectivity index (χ4n) is 2.36. The SMILES string of the molecule is CCCC1NC(CC)N(CCOCCN(C)C)C1=O. The second kappa shape index (κ2) is 8.51. The van der Waals surface area contributed by atoms with Crippen LogP contribution in [0, 0.1) is 0 Å². The van der Waals surface area contributed by atoms with E-state index in [0.717, 1.165) is 32.4 Å². The van der Waals surface area contributed by atoms with Gasteiger partial charge in [-0.2, -0.15) is 0 Å². The number of nitrogens with one attached hydrogen (secondary N) is 1. The number of carbonyl (C=O) groups excluding carboxylic acids is 1. The van der Waals surface area contributed by atoms with Crippen LogP contribution in [0.3, 0.4) is 0 Å². The molecule has 0 saturated carbocycles. The highest BCUT2D eigenvalue weighted by atomic mass is 16.5. The predicted octanol–water partition coefficient (Wildman–Crippen LogP) is 0.901. The summed E-state index contributed by atoms with van der Waals surface area (Å²) in [5.41, 5.74) is 0. The molecule has 1 rings (SSSR count). The smallest absolute Gasteiger partial charge is 0.241 e. The quantitative estimate of drug-likeness (QED) is 0.633. The van der Waals surface area contributed by atoms with Gasteiger partial charge in [0.25, 0.3) is 0 Å². The van der Waals surface area contributed by atoms with Crippen LogP contribution in [0.1, 0.15) is 33.1 Å². The first kappa shape index (κ1) is 16.4. The van der Waals surface area contributed by atoms with Crippen LogP contribution in [-0.4, -0.2) is 68.3 Å². The monoisotopic (exact) mass is 271 g/mol. The first-order chi connectivity index (χ1) is 9.10. The van der Waals surface area contributed by atoms with E-state index >= 15 is 0 Å². The summed E-state index contributed by atoms with van der Waals surface area (Å²) >= 11 is 0. The van der Waals surface area contributed by atoms with Gasteiger partial charge in [0.1, 0.15) is 0 Å². The second-order valence-electron chi connectivity index (χ2n) is 5.38. The molecule has 1 N–H and O–H groups in total. The Kier molecular flexibility index (Phi) is 7.34. The molecule has 1 aliphatic rings. The third kappa shape index (κ3) is 5.09. The molecule has 112 valence electrons. The molecule has 0 aromatic heterocycles. The maximum absolute atomic E-state index is 12.2. The van der Waals surface area contributed by atoms with Crippen molar-refractivity contribution >= 4 is 5.91 Å². The summed E-state index contributed by atoms with van der Waals surface area (Å²) in [6.07, 6.45) is 3.09. The molecule has 1 fully saturated rings. The van der Waals surface area contributed by atoms with Crippen molar-refractivity contribution in [3.63, 3.8) is 0 Å². The predicted molar refractivity (Wildman–Crippen MR) is 77.0 cm³/mol. The van der Waals surface area contributed by atoms with Gasteiger partial charge in [0.05, 0.1) is 25.4 Å². The van der Waals surface area contributed by atoms with Crippen molar-refractivity contribution < 1.29 is 9.53 Å². The number of likely N-dealkylation sites (N-methyl/N-ethyl adjacent to an activating group) is 1. The van der Waals surface area contributed by atoms with Crippen LogP contribution >= 0.6 is 0 Å². The number of amides is 1. The number of hydrogen-bond acceptors (Lipinski definition) is 4. The van der Waals surface area contributed by atoms with Crippen LogP contribution in [0.5, 0.6) is 0 Å². The maximum atomic E-state index is 12.2. The topological polar surface area (TPSA) is 44.8 Å². The summed E-state index contributed by atoms with van der Waals surface area (Å²) < 4.78 is 5.58. The van der Waals surface area contributed by atoms with Crippen LogP contribution in [0.4, 0.5) is 0 Å². The molecule has 19 heavy (non-hydrogen) atoms. The highest BCUT2D eigenvalue weighted by Gasteiger charge is 2.36. The lowest BCUT2D eigenvalue weighted by Crippen LogP contribution is -2.39. The summed E-state index contributed by atoms with van der Waals surface area (Å²) in [4.78, 5) is 16.3. The Morgan fingerprint density at radius 3 is 2.63 bits per heavy atom. The number of carbonyl (C=O) groups is 1. The van der Waals surface area contributed by atoms with Crippen LogP contribution in [-0.2, 0) is 9.53 Å². The molecule has 1 heterocycles. The zero-order chi connectivity index (χ0) is 14.3. The van der Waals surface area contributed by atoms with E-state index in [-0.39, 0.29) is 18.1 Å². The zero-order valence-corrected chi connectivity index (χ0v) is 12.8. The van der Waals surface area contributed by atoms with E-state index in [1.54, 1.807) is 0 Å². The Morgan fingerprint density at radius 1 is 1.32 bits per heavy atom. The molecule has 1 amide bonds. The van der Waals surface area contributed by atoms with Crippen LogP contribution < -0.4 is 5.32 Å². The lowest BCUT2D eigenvalue weighted by molar-refractivity contribution is -0.130. The highest BCUT2D eigenvalue weighted by Crippen LogP contribution is 2.16. The lowest BCUT2D eigenvalue weighted by atomic mass is 10.2. The molecule has 0 aromatic rings. The van der Waals surface area contributed by atoms with Gasteiger partial charge in [0, 0.05) is 13.1 Å². The summed E-state index contributed by atoms with van der Waals surface area (Å²) in [6, 6.07) is 0.0109. The number of ether oxygens (including phenoxy) is 1. The van der Waals surface area contributed by atoms with Crippen molar-refractivity contribution in [2.24, 2.45) is 0 Å². The maximum Gasteiger partial charge on any atom is 0.241 e. The normalized spacial score (nSPS) is 23.6. The third-order valence-electron chi connectivity index (χ3n) is 3.47. The van der Waals surface area contributed by atoms with Gasteiger partial charge in [-0.05, 0) is 26.9 Å². The molecule has 0 spiro atoms. The van der Waals surface area contributed by atoms with Crippen LogP contribution in [0.2, 0.25) is 0 Å². The molecule has 0 aromatic carbocycles. The molecular formula is C14H29N3O2. The summed E-state index contributed by atoms with van der Waals surface area (Å²) in [7, 11) is 4.06. The first-order valence-electron chi connectivity index (χ1n) is 7.39. The minimum absolute atomic E-state index is 0.0109. The molecule has 0 radical (unpaired) electrons. The van der Waals surface area contributed by atoms with Crippen molar-refractivity contribution in [3.8, 4) is 0 Å². The van der Waals surface area contributed by atoms with E-state index in [0.29, 0.717) is 13.2 Å². The van der Waals surface area contributed by atoms with Crippen LogP contribution in [0.25, 0.3) is 0 Å². The van der Waals surface area contributed by atoms with Crippen molar-refractivity contribution in [3.05, 3.63) is 0 Å². The van der Waals surface area contributed by atoms with E-state index in [1.165, 1.54) is 0 Å². The summed E-state index contributed by atoms with van der Waals surface area (Å²) in [5, 5.41) is 3.41. The van der Waals surface area contributed by atoms with Crippen molar-refractivity contribution in [2.45, 2.75) is 45.3 Å². The average Bonchev–Trinajstić information content (AvgIpc) is 2.66. The fraction of sp³-hybridized carbons (Fsp3) is 0.929. The first-order valence-corrected chi connectivity index (χ1v) is 7.39. The Labute approximate surface area is 117 Å². The zero-order valence-electron chi connectivity index (χ0n) is 12.8. The van der Waals surface area contributed by atoms with Gasteiger partial charge in [-0.3, -0.25) is 10.1 Å². The van der Waals surface area contributed by atoms with Gasteiger partial charge in [-0.15, -0.1) is 0 Å². The molecule has 2 atom stereocenters. The second-order valence-corrected chi connectivity index (χ2v) is 5.38. The van der Waals surface area contributed by atoms with Gasteiger partial charge in [-0.25, -0.2) is 0 Å². The number of rotatable bonds is 9. The molecule has 0 bridgehead atoms. The molecule has 5 nitrogen and oxygen atoms in total. The minimum atomic E-state index is 0.0109. The van der Waals surface area contributed by atoms with Gasteiger partial charge in [-0.1, -0.05) is 20.3 Å². The third-order valence-corrected chi connectivity index (χ3v) is 3.47. The molecule has 1 saturated heterocycles. The number of hydrogen-bond donors (Lipinski definition) is 1. The summed E-state index contributed by atoms with van der Waals surface area (Å²) in [5.74, 6) is 0.241. The van der Waals surface area contributed by atoms with Crippen molar-refractivity contribution in [1.29, 1.82) is 0 Å². The van der Waals surface area contributed by atoms with Gasteiger partial charge >= 0.3 is 0 Å². The van der Waals surface area contributed by atoms with Crippen molar-refractivity contribution in [2.75, 3.05) is 40.4 Å². The Hall–Kier alpha value is -0.650. The van der Waals surface area contributed by atoms with E-state index in [9.17, 15) is 4.79 Å². The van der Waals surface area contributed by atoms with E-state index in [4.69, 9.17) is 4.74 Å². The Bertz CT molecular complexity index is 271. The largest absolute Gasteiger partial charge is 0.378 e. The standard InChI is InChI=1S/C14H29N3O2/c1-5-7-12-14(18)17(13(6-2)15-12)9-11-19-10-8-16(3)4/h12-13,15H,5-11H2,1-4H3. The molecule has 2 unspecified atom stereocenters. The fourth-order valence-corrected chi connectivity index (χ4v) is 2.36. The van der Waals surface area contributed by atoms with E-state index in [1.807, 2.05) is 19.0 Å². The van der Waals surface area contributed by atoms with Crippen LogP contribution in [0.15, 0.2) is 0 Å². The van der Waals surface area contributed by atoms with Crippen molar-refractivity contribution in [1.82, 2.24) is 15.1 Å². The lowest BCUT2D eigenvalue weighted by Gasteiger charge is -2.23. The van der Waals surface area contributed by atoms with E-state index < -0.39 is 0 Å². The Balaban J connectivity index is 2.32. The molecular weight excluding hydrogens is 242 g/mol. The minimum Gasteiger partial charge on any atom is -0.378 e. The Morgan fingerprint density at radius 2 is 2.05 bits per heavy atom. The summed E-state index contributed by atoms with van der Waals surface area (Å²) in [6.45, 7) is 7.18. The molecule has 1 aliphatic heterocycles. The molecule has 0 aliphatic carbocycles. The number of nitrogens with zero attached hydrogens (tertiary/aromatic N) is 2. The average molecular weight is 271 g/mol. The highest BCUT2D eigenvalue weighted by molar-refractivity contribution is 5.84. The van der Waals surface area contributed by atoms with Gasteiger partial charge in [0.2, 0.25) is 5.91 Å². The molecule has 5 heteroatoms. The van der Waals surface area contributed by atoms with E-state index in [2.05, 4.69) is 24.1 Å². The van der Waals surface area contributed by atoms with Gasteiger partial charge < -0.3 is 14.5 Å².